The summed E-state index contributed by atoms with van der Waals surface area (Å²) in [4.78, 5) is 23.8. The third-order valence-electron chi connectivity index (χ3n) is 4.81. The predicted molar refractivity (Wildman–Crippen MR) is 110 cm³/mol. The Morgan fingerprint density at radius 3 is 2.00 bits per heavy atom. The van der Waals surface area contributed by atoms with Crippen LogP contribution in [0.5, 0.6) is 0 Å². The summed E-state index contributed by atoms with van der Waals surface area (Å²) in [6.07, 6.45) is -4.85. The van der Waals surface area contributed by atoms with Crippen LogP contribution in [0.1, 0.15) is 11.1 Å². The standard InChI is InChI=1S/C22H26N2O7/c25-19-17(24-22(28)31-13-16-9-5-2-6-10-16)14-29-18(20(19)26)11-23-21(27)30-12-15-7-3-1-4-8-15/h1-10,17-20,25-26H,11-14H2,(H,23,27)(H,24,28)/t17-,18-,19+,20+/m0/s1. The highest BCUT2D eigenvalue weighted by molar-refractivity contribution is 5.68. The Balaban J connectivity index is 1.37. The van der Waals surface area contributed by atoms with E-state index in [1.54, 1.807) is 0 Å². The van der Waals surface area contributed by atoms with Crippen molar-refractivity contribution in [1.29, 1.82) is 0 Å². The summed E-state index contributed by atoms with van der Waals surface area (Å²) in [6, 6.07) is 17.5. The zero-order valence-corrected chi connectivity index (χ0v) is 16.8. The molecule has 9 heteroatoms. The van der Waals surface area contributed by atoms with Gasteiger partial charge in [-0.25, -0.2) is 9.59 Å². The number of alkyl carbamates (subject to hydrolysis) is 2. The molecular weight excluding hydrogens is 404 g/mol. The molecule has 0 bridgehead atoms. The number of nitrogens with one attached hydrogen (secondary N) is 2. The number of aliphatic hydroxyl groups excluding tert-OH is 2. The Kier molecular flexibility index (Phi) is 8.22. The average Bonchev–Trinajstić information content (AvgIpc) is 2.80. The number of aliphatic hydroxyl groups is 2. The maximum Gasteiger partial charge on any atom is 0.407 e. The molecule has 166 valence electrons. The van der Waals surface area contributed by atoms with Crippen LogP contribution in [0, 0.1) is 0 Å². The van der Waals surface area contributed by atoms with Crippen LogP contribution in [-0.4, -0.2) is 59.9 Å². The van der Waals surface area contributed by atoms with Gasteiger partial charge in [-0.2, -0.15) is 0 Å². The maximum absolute atomic E-state index is 12.0. The van der Waals surface area contributed by atoms with Crippen LogP contribution >= 0.6 is 0 Å². The van der Waals surface area contributed by atoms with Gasteiger partial charge < -0.3 is 35.1 Å². The smallest absolute Gasteiger partial charge is 0.407 e. The van der Waals surface area contributed by atoms with Gasteiger partial charge in [0.15, 0.2) is 0 Å². The van der Waals surface area contributed by atoms with Crippen molar-refractivity contribution in [2.45, 2.75) is 37.6 Å². The molecule has 2 amide bonds. The van der Waals surface area contributed by atoms with Gasteiger partial charge in [-0.1, -0.05) is 60.7 Å². The van der Waals surface area contributed by atoms with Gasteiger partial charge in [-0.05, 0) is 11.1 Å². The lowest BCUT2D eigenvalue weighted by Gasteiger charge is -2.37. The molecule has 0 saturated carbocycles. The SMILES string of the molecule is O=C(NC[C@@H]1OC[C@H](NC(=O)OCc2ccccc2)[C@@H](O)[C@@H]1O)OCc1ccccc1. The third-order valence-corrected chi connectivity index (χ3v) is 4.81. The van der Waals surface area contributed by atoms with Crippen LogP contribution in [0.4, 0.5) is 9.59 Å². The van der Waals surface area contributed by atoms with E-state index in [-0.39, 0.29) is 26.4 Å². The summed E-state index contributed by atoms with van der Waals surface area (Å²) < 4.78 is 15.7. The first kappa shape index (κ1) is 22.5. The fraction of sp³-hybridized carbons (Fsp3) is 0.364. The van der Waals surface area contributed by atoms with E-state index in [0.717, 1.165) is 11.1 Å². The first-order valence-electron chi connectivity index (χ1n) is 9.92. The molecule has 3 rings (SSSR count). The van der Waals surface area contributed by atoms with E-state index in [4.69, 9.17) is 14.2 Å². The van der Waals surface area contributed by atoms with Gasteiger partial charge in [0.2, 0.25) is 0 Å². The predicted octanol–water partition coefficient (Wildman–Crippen LogP) is 1.33. The first-order valence-corrected chi connectivity index (χ1v) is 9.92. The highest BCUT2D eigenvalue weighted by atomic mass is 16.6. The van der Waals surface area contributed by atoms with Gasteiger partial charge in [-0.15, -0.1) is 0 Å². The molecule has 1 fully saturated rings. The summed E-state index contributed by atoms with van der Waals surface area (Å²) in [7, 11) is 0. The molecule has 1 aliphatic heterocycles. The van der Waals surface area contributed by atoms with Gasteiger partial charge in [0.25, 0.3) is 0 Å². The topological polar surface area (TPSA) is 126 Å². The summed E-state index contributed by atoms with van der Waals surface area (Å²) in [6.45, 7) is 0.0814. The Morgan fingerprint density at radius 1 is 0.871 bits per heavy atom. The molecule has 0 aromatic heterocycles. The number of hydrogen-bond donors (Lipinski definition) is 4. The molecule has 4 atom stereocenters. The van der Waals surface area contributed by atoms with Crippen molar-refractivity contribution >= 4 is 12.2 Å². The van der Waals surface area contributed by atoms with Crippen LogP contribution in [0.2, 0.25) is 0 Å². The highest BCUT2D eigenvalue weighted by Crippen LogP contribution is 2.16. The zero-order valence-electron chi connectivity index (χ0n) is 16.8. The summed E-state index contributed by atoms with van der Waals surface area (Å²) in [5.74, 6) is 0. The second-order valence-electron chi connectivity index (χ2n) is 7.11. The Bertz CT molecular complexity index is 832. The number of benzene rings is 2. The fourth-order valence-corrected chi connectivity index (χ4v) is 3.06. The average molecular weight is 430 g/mol. The molecule has 9 nitrogen and oxygen atoms in total. The van der Waals surface area contributed by atoms with E-state index >= 15 is 0 Å². The van der Waals surface area contributed by atoms with Gasteiger partial charge in [0, 0.05) is 6.54 Å². The minimum absolute atomic E-state index is 0.0515. The second-order valence-corrected chi connectivity index (χ2v) is 7.11. The van der Waals surface area contributed by atoms with Crippen LogP contribution < -0.4 is 10.6 Å². The van der Waals surface area contributed by atoms with Crippen LogP contribution in [0.15, 0.2) is 60.7 Å². The molecule has 2 aromatic carbocycles. The zero-order chi connectivity index (χ0) is 22.1. The highest BCUT2D eigenvalue weighted by Gasteiger charge is 2.39. The Morgan fingerprint density at radius 2 is 1.42 bits per heavy atom. The monoisotopic (exact) mass is 430 g/mol. The van der Waals surface area contributed by atoms with Crippen molar-refractivity contribution in [2.24, 2.45) is 0 Å². The molecule has 0 radical (unpaired) electrons. The van der Waals surface area contributed by atoms with Crippen LogP contribution in [0.25, 0.3) is 0 Å². The molecule has 4 N–H and O–H groups in total. The van der Waals surface area contributed by atoms with Gasteiger partial charge >= 0.3 is 12.2 Å². The van der Waals surface area contributed by atoms with E-state index < -0.39 is 36.5 Å². The third kappa shape index (κ3) is 6.95. The van der Waals surface area contributed by atoms with Crippen molar-refractivity contribution in [3.63, 3.8) is 0 Å². The minimum atomic E-state index is -1.32. The number of amides is 2. The molecular formula is C22H26N2O7. The number of rotatable bonds is 7. The maximum atomic E-state index is 12.0. The van der Waals surface area contributed by atoms with Crippen molar-refractivity contribution < 1.29 is 34.0 Å². The van der Waals surface area contributed by atoms with E-state index in [2.05, 4.69) is 10.6 Å². The van der Waals surface area contributed by atoms with Gasteiger partial charge in [0.05, 0.1) is 12.6 Å². The van der Waals surface area contributed by atoms with Crippen LogP contribution in [0.3, 0.4) is 0 Å². The van der Waals surface area contributed by atoms with E-state index in [1.807, 2.05) is 60.7 Å². The van der Waals surface area contributed by atoms with Crippen molar-refractivity contribution in [2.75, 3.05) is 13.2 Å². The van der Waals surface area contributed by atoms with E-state index in [1.165, 1.54) is 0 Å². The molecule has 0 unspecified atom stereocenters. The normalized spacial score (nSPS) is 22.9. The Labute approximate surface area is 179 Å². The minimum Gasteiger partial charge on any atom is -0.445 e. The first-order chi connectivity index (χ1) is 15.0. The number of carbonyl (C=O) groups excluding carboxylic acids is 2. The summed E-state index contributed by atoms with van der Waals surface area (Å²) >= 11 is 0. The molecule has 1 heterocycles. The van der Waals surface area contributed by atoms with Crippen molar-refractivity contribution in [1.82, 2.24) is 10.6 Å². The largest absolute Gasteiger partial charge is 0.445 e. The molecule has 1 aliphatic rings. The molecule has 31 heavy (non-hydrogen) atoms. The summed E-state index contributed by atoms with van der Waals surface area (Å²) in [5.41, 5.74) is 1.67. The van der Waals surface area contributed by atoms with E-state index in [9.17, 15) is 19.8 Å². The lowest BCUT2D eigenvalue weighted by molar-refractivity contribution is -0.146. The quantitative estimate of drug-likeness (QED) is 0.522. The van der Waals surface area contributed by atoms with Gasteiger partial charge in [-0.3, -0.25) is 0 Å². The van der Waals surface area contributed by atoms with Crippen LogP contribution in [-0.2, 0) is 27.4 Å². The fourth-order valence-electron chi connectivity index (χ4n) is 3.06. The van der Waals surface area contributed by atoms with Gasteiger partial charge in [0.1, 0.15) is 31.5 Å². The molecule has 1 saturated heterocycles. The lowest BCUT2D eigenvalue weighted by Crippen LogP contribution is -2.61. The second kappa shape index (κ2) is 11.3. The Hall–Kier alpha value is -3.14. The number of ether oxygens (including phenoxy) is 3. The summed E-state index contributed by atoms with van der Waals surface area (Å²) in [5, 5.41) is 25.6. The molecule has 0 spiro atoms. The molecule has 0 aliphatic carbocycles. The number of carbonyl (C=O) groups is 2. The van der Waals surface area contributed by atoms with Crippen molar-refractivity contribution in [3.8, 4) is 0 Å². The van der Waals surface area contributed by atoms with Crippen molar-refractivity contribution in [3.05, 3.63) is 71.8 Å². The lowest BCUT2D eigenvalue weighted by atomic mass is 9.98. The molecule has 2 aromatic rings. The number of hydrogen-bond acceptors (Lipinski definition) is 7. The van der Waals surface area contributed by atoms with E-state index in [0.29, 0.717) is 0 Å².